The molecule has 0 saturated carbocycles. The van der Waals surface area contributed by atoms with Gasteiger partial charge in [0.05, 0.1) is 12.3 Å². The maximum atomic E-state index is 9.67. The van der Waals surface area contributed by atoms with Crippen molar-refractivity contribution >= 4 is 5.71 Å². The number of benzene rings is 2. The van der Waals surface area contributed by atoms with E-state index in [9.17, 15) is 5.11 Å². The van der Waals surface area contributed by atoms with Gasteiger partial charge in [0.2, 0.25) is 0 Å². The van der Waals surface area contributed by atoms with E-state index in [1.54, 1.807) is 0 Å². The number of rotatable bonds is 4. The van der Waals surface area contributed by atoms with Gasteiger partial charge in [-0.25, -0.2) is 0 Å². The van der Waals surface area contributed by atoms with E-state index in [-0.39, 0.29) is 18.6 Å². The van der Waals surface area contributed by atoms with E-state index in [1.165, 1.54) is 0 Å². The van der Waals surface area contributed by atoms with Gasteiger partial charge in [-0.05, 0) is 11.1 Å². The lowest BCUT2D eigenvalue weighted by atomic mass is 9.90. The highest BCUT2D eigenvalue weighted by Gasteiger charge is 2.30. The highest BCUT2D eigenvalue weighted by molar-refractivity contribution is 6.01. The first kappa shape index (κ1) is 12.9. The lowest BCUT2D eigenvalue weighted by molar-refractivity contribution is 0.0462. The summed E-state index contributed by atoms with van der Waals surface area (Å²) in [5.74, 6) is -0.0406. The number of aliphatic hydroxyl groups excluding tert-OH is 1. The van der Waals surface area contributed by atoms with E-state index in [2.05, 4.69) is 5.16 Å². The van der Waals surface area contributed by atoms with Gasteiger partial charge >= 0.3 is 0 Å². The summed E-state index contributed by atoms with van der Waals surface area (Å²) < 4.78 is 0. The molecule has 1 heterocycles. The van der Waals surface area contributed by atoms with E-state index in [1.807, 2.05) is 60.7 Å². The molecule has 0 amide bonds. The predicted octanol–water partition coefficient (Wildman–Crippen LogP) is 2.96. The zero-order chi connectivity index (χ0) is 13.8. The predicted molar refractivity (Wildman–Crippen MR) is 78.7 cm³/mol. The Kier molecular flexibility index (Phi) is 3.79. The molecule has 0 unspecified atom stereocenters. The van der Waals surface area contributed by atoms with Crippen LogP contribution >= 0.6 is 0 Å². The van der Waals surface area contributed by atoms with Gasteiger partial charge in [0.25, 0.3) is 0 Å². The molecule has 2 aromatic rings. The average Bonchev–Trinajstić information content (AvgIpc) is 3.00. The van der Waals surface area contributed by atoms with Gasteiger partial charge in [0.1, 0.15) is 6.10 Å². The Morgan fingerprint density at radius 3 is 2.35 bits per heavy atom. The third kappa shape index (κ3) is 2.58. The third-order valence-corrected chi connectivity index (χ3v) is 3.67. The number of hydrogen-bond acceptors (Lipinski definition) is 3. The number of aliphatic hydroxyl groups is 1. The number of nitrogens with zero attached hydrogens (tertiary/aromatic N) is 1. The molecule has 0 saturated heterocycles. The van der Waals surface area contributed by atoms with Crippen LogP contribution in [0.1, 0.15) is 23.5 Å². The zero-order valence-electron chi connectivity index (χ0n) is 11.1. The molecule has 3 heteroatoms. The largest absolute Gasteiger partial charge is 0.396 e. The van der Waals surface area contributed by atoms with Crippen LogP contribution in [0.4, 0.5) is 0 Å². The maximum Gasteiger partial charge on any atom is 0.142 e. The van der Waals surface area contributed by atoms with Gasteiger partial charge in [0, 0.05) is 12.3 Å². The molecule has 0 aliphatic carbocycles. The second-order valence-corrected chi connectivity index (χ2v) is 4.95. The summed E-state index contributed by atoms with van der Waals surface area (Å²) in [6.07, 6.45) is 0.627. The SMILES string of the molecule is OC[C@H](c1ccccc1)[C@H]1CC(c2ccccc2)=NO1. The molecule has 2 atom stereocenters. The summed E-state index contributed by atoms with van der Waals surface area (Å²) in [6, 6.07) is 20.0. The van der Waals surface area contributed by atoms with Crippen LogP contribution in [0, 0.1) is 0 Å². The van der Waals surface area contributed by atoms with E-state index in [0.29, 0.717) is 0 Å². The molecule has 0 spiro atoms. The fourth-order valence-corrected chi connectivity index (χ4v) is 2.55. The van der Waals surface area contributed by atoms with Gasteiger partial charge in [-0.15, -0.1) is 0 Å². The first-order chi connectivity index (χ1) is 9.88. The monoisotopic (exact) mass is 267 g/mol. The number of oxime groups is 1. The van der Waals surface area contributed by atoms with Crippen LogP contribution in [0.3, 0.4) is 0 Å². The Morgan fingerprint density at radius 2 is 1.70 bits per heavy atom. The van der Waals surface area contributed by atoms with Crippen LogP contribution in [0.2, 0.25) is 0 Å². The molecule has 0 bridgehead atoms. The van der Waals surface area contributed by atoms with Crippen LogP contribution in [-0.4, -0.2) is 23.5 Å². The first-order valence-electron chi connectivity index (χ1n) is 6.82. The fourth-order valence-electron chi connectivity index (χ4n) is 2.55. The lowest BCUT2D eigenvalue weighted by Gasteiger charge is -2.19. The van der Waals surface area contributed by atoms with Gasteiger partial charge in [-0.3, -0.25) is 0 Å². The Hall–Kier alpha value is -2.13. The van der Waals surface area contributed by atoms with Crippen molar-refractivity contribution in [1.29, 1.82) is 0 Å². The summed E-state index contributed by atoms with van der Waals surface area (Å²) in [5.41, 5.74) is 3.12. The minimum absolute atomic E-state index is 0.0406. The normalized spacial score (nSPS) is 19.2. The maximum absolute atomic E-state index is 9.67. The molecule has 1 N–H and O–H groups in total. The van der Waals surface area contributed by atoms with Crippen molar-refractivity contribution in [2.24, 2.45) is 5.16 Å². The molecule has 0 radical (unpaired) electrons. The van der Waals surface area contributed by atoms with Crippen LogP contribution in [-0.2, 0) is 4.84 Å². The van der Waals surface area contributed by atoms with Crippen molar-refractivity contribution in [2.45, 2.75) is 18.4 Å². The Balaban J connectivity index is 1.75. The molecule has 20 heavy (non-hydrogen) atoms. The molecule has 1 aliphatic heterocycles. The van der Waals surface area contributed by atoms with E-state index < -0.39 is 0 Å². The van der Waals surface area contributed by atoms with Crippen molar-refractivity contribution in [3.05, 3.63) is 71.8 Å². The van der Waals surface area contributed by atoms with Gasteiger partial charge < -0.3 is 9.94 Å². The van der Waals surface area contributed by atoms with Crippen molar-refractivity contribution in [2.75, 3.05) is 6.61 Å². The summed E-state index contributed by atoms with van der Waals surface area (Å²) in [4.78, 5) is 5.56. The molecule has 3 rings (SSSR count). The summed E-state index contributed by atoms with van der Waals surface area (Å²) in [7, 11) is 0. The quantitative estimate of drug-likeness (QED) is 0.925. The van der Waals surface area contributed by atoms with Crippen LogP contribution < -0.4 is 0 Å². The van der Waals surface area contributed by atoms with Gasteiger partial charge in [0.15, 0.2) is 0 Å². The van der Waals surface area contributed by atoms with Crippen molar-refractivity contribution in [3.63, 3.8) is 0 Å². The Labute approximate surface area is 118 Å². The minimum atomic E-state index is -0.0994. The Bertz CT molecular complexity index is 580. The summed E-state index contributed by atoms with van der Waals surface area (Å²) in [5, 5.41) is 13.9. The number of hydrogen-bond donors (Lipinski definition) is 1. The van der Waals surface area contributed by atoms with Crippen molar-refractivity contribution < 1.29 is 9.94 Å². The van der Waals surface area contributed by atoms with Crippen LogP contribution in [0.5, 0.6) is 0 Å². The summed E-state index contributed by atoms with van der Waals surface area (Å²) >= 11 is 0. The van der Waals surface area contributed by atoms with Crippen molar-refractivity contribution in [1.82, 2.24) is 0 Å². The van der Waals surface area contributed by atoms with Gasteiger partial charge in [-0.2, -0.15) is 0 Å². The van der Waals surface area contributed by atoms with E-state index >= 15 is 0 Å². The lowest BCUT2D eigenvalue weighted by Crippen LogP contribution is -2.22. The molecule has 0 aromatic heterocycles. The zero-order valence-corrected chi connectivity index (χ0v) is 11.1. The standard InChI is InChI=1S/C17H17NO2/c19-12-15(13-7-3-1-4-8-13)17-11-16(18-20-17)14-9-5-2-6-10-14/h1-10,15,17,19H,11-12H2/t15-,17-/m1/s1. The molecular formula is C17H17NO2. The second-order valence-electron chi connectivity index (χ2n) is 4.95. The smallest absolute Gasteiger partial charge is 0.142 e. The topological polar surface area (TPSA) is 41.8 Å². The molecule has 3 nitrogen and oxygen atoms in total. The first-order valence-corrected chi connectivity index (χ1v) is 6.82. The highest BCUT2D eigenvalue weighted by atomic mass is 16.6. The molecule has 0 fully saturated rings. The molecule has 2 aromatic carbocycles. The summed E-state index contributed by atoms with van der Waals surface area (Å²) in [6.45, 7) is 0.0618. The van der Waals surface area contributed by atoms with Crippen molar-refractivity contribution in [3.8, 4) is 0 Å². The van der Waals surface area contributed by atoms with E-state index in [4.69, 9.17) is 4.84 Å². The average molecular weight is 267 g/mol. The van der Waals surface area contributed by atoms with Crippen LogP contribution in [0.15, 0.2) is 65.8 Å². The Morgan fingerprint density at radius 1 is 1.05 bits per heavy atom. The molecular weight excluding hydrogens is 250 g/mol. The molecule has 1 aliphatic rings. The minimum Gasteiger partial charge on any atom is -0.396 e. The fraction of sp³-hybridized carbons (Fsp3) is 0.235. The van der Waals surface area contributed by atoms with E-state index in [0.717, 1.165) is 23.3 Å². The van der Waals surface area contributed by atoms with Gasteiger partial charge in [-0.1, -0.05) is 65.8 Å². The highest BCUT2D eigenvalue weighted by Crippen LogP contribution is 2.29. The third-order valence-electron chi connectivity index (χ3n) is 3.67. The second kappa shape index (κ2) is 5.88. The molecule has 102 valence electrons. The van der Waals surface area contributed by atoms with Crippen LogP contribution in [0.25, 0.3) is 0 Å².